The normalized spacial score (nSPS) is 11.8. The lowest BCUT2D eigenvalue weighted by Crippen LogP contribution is -2.14. The minimum absolute atomic E-state index is 0.165. The average molecular weight is 665 g/mol. The van der Waals surface area contributed by atoms with Gasteiger partial charge in [-0.2, -0.15) is 0 Å². The number of hydrogen-bond acceptors (Lipinski definition) is 0. The third kappa shape index (κ3) is 5.49. The molecule has 248 valence electrons. The van der Waals surface area contributed by atoms with Crippen LogP contribution in [0, 0.1) is 0 Å². The van der Waals surface area contributed by atoms with Crippen LogP contribution >= 0.6 is 0 Å². The van der Waals surface area contributed by atoms with Gasteiger partial charge in [0.1, 0.15) is 0 Å². The van der Waals surface area contributed by atoms with Crippen LogP contribution in [0.4, 0.5) is 0 Å². The molecule has 0 aliphatic carbocycles. The van der Waals surface area contributed by atoms with Gasteiger partial charge < -0.3 is 0 Å². The summed E-state index contributed by atoms with van der Waals surface area (Å²) in [6, 6.07) is 69.1. The largest absolute Gasteiger partial charge is 0.0622 e. The molecule has 0 saturated heterocycles. The molecule has 9 aromatic carbocycles. The van der Waals surface area contributed by atoms with Crippen LogP contribution in [0.5, 0.6) is 0 Å². The summed E-state index contributed by atoms with van der Waals surface area (Å²) in [7, 11) is 0. The van der Waals surface area contributed by atoms with Crippen molar-refractivity contribution in [3.05, 3.63) is 194 Å². The van der Waals surface area contributed by atoms with Crippen molar-refractivity contribution in [1.82, 2.24) is 0 Å². The van der Waals surface area contributed by atoms with Gasteiger partial charge in [-0.15, -0.1) is 0 Å². The Morgan fingerprint density at radius 3 is 1.31 bits per heavy atom. The van der Waals surface area contributed by atoms with Gasteiger partial charge in [0.25, 0.3) is 0 Å². The number of rotatable bonds is 5. The second-order valence-corrected chi connectivity index (χ2v) is 14.9. The molecule has 0 unspecified atom stereocenters. The van der Waals surface area contributed by atoms with Crippen LogP contribution < -0.4 is 0 Å². The summed E-state index contributed by atoms with van der Waals surface area (Å²) in [5.41, 5.74) is 13.7. The molecule has 0 aromatic heterocycles. The predicted octanol–water partition coefficient (Wildman–Crippen LogP) is 14.8. The van der Waals surface area contributed by atoms with Gasteiger partial charge in [0, 0.05) is 0 Å². The summed E-state index contributed by atoms with van der Waals surface area (Å²) in [4.78, 5) is 0. The van der Waals surface area contributed by atoms with E-state index in [9.17, 15) is 0 Å². The van der Waals surface area contributed by atoms with E-state index in [-0.39, 0.29) is 5.41 Å². The summed E-state index contributed by atoms with van der Waals surface area (Å²) >= 11 is 0. The zero-order valence-electron chi connectivity index (χ0n) is 29.9. The van der Waals surface area contributed by atoms with Crippen molar-refractivity contribution in [2.75, 3.05) is 0 Å². The SMILES string of the molecule is CC(C)(C)c1c(-c2cccc3ccccc23)ccc2c(-c3ccc(-c4ccccc4)cc3)c3ccccc3c(-c3ccc(-c4ccccc4)cc3)c12. The van der Waals surface area contributed by atoms with Gasteiger partial charge in [0.15, 0.2) is 0 Å². The van der Waals surface area contributed by atoms with E-state index in [1.165, 1.54) is 93.5 Å². The maximum absolute atomic E-state index is 2.40. The molecule has 9 aromatic rings. The van der Waals surface area contributed by atoms with Crippen molar-refractivity contribution in [1.29, 1.82) is 0 Å². The third-order valence-corrected chi connectivity index (χ3v) is 10.6. The van der Waals surface area contributed by atoms with E-state index < -0.39 is 0 Å². The van der Waals surface area contributed by atoms with Gasteiger partial charge >= 0.3 is 0 Å². The first kappa shape index (κ1) is 31.7. The first-order valence-electron chi connectivity index (χ1n) is 18.3. The monoisotopic (exact) mass is 664 g/mol. The van der Waals surface area contributed by atoms with Crippen LogP contribution in [0.15, 0.2) is 188 Å². The third-order valence-electron chi connectivity index (χ3n) is 10.6. The molecule has 0 radical (unpaired) electrons. The highest BCUT2D eigenvalue weighted by Gasteiger charge is 2.28. The van der Waals surface area contributed by atoms with Gasteiger partial charge in [-0.05, 0) is 98.9 Å². The number of fused-ring (bicyclic) bond motifs is 3. The van der Waals surface area contributed by atoms with Crippen LogP contribution in [0.25, 0.3) is 88.0 Å². The highest BCUT2D eigenvalue weighted by molar-refractivity contribution is 6.23. The molecule has 0 saturated carbocycles. The summed E-state index contributed by atoms with van der Waals surface area (Å²) < 4.78 is 0. The highest BCUT2D eigenvalue weighted by Crippen LogP contribution is 2.50. The van der Waals surface area contributed by atoms with Crippen LogP contribution in [-0.2, 0) is 5.41 Å². The van der Waals surface area contributed by atoms with Gasteiger partial charge in [-0.25, -0.2) is 0 Å². The maximum Gasteiger partial charge on any atom is -0.00232 e. The molecule has 0 heterocycles. The zero-order valence-corrected chi connectivity index (χ0v) is 29.9. The van der Waals surface area contributed by atoms with Crippen molar-refractivity contribution >= 4 is 32.3 Å². The molecule has 0 heteroatoms. The van der Waals surface area contributed by atoms with Crippen molar-refractivity contribution in [2.24, 2.45) is 0 Å². The van der Waals surface area contributed by atoms with Gasteiger partial charge in [-0.3, -0.25) is 0 Å². The second kappa shape index (κ2) is 12.8. The lowest BCUT2D eigenvalue weighted by molar-refractivity contribution is 0.598. The minimum atomic E-state index is -0.165. The van der Waals surface area contributed by atoms with E-state index in [4.69, 9.17) is 0 Å². The Labute approximate surface area is 306 Å². The van der Waals surface area contributed by atoms with E-state index in [0.29, 0.717) is 0 Å². The summed E-state index contributed by atoms with van der Waals surface area (Å²) in [6.07, 6.45) is 0. The maximum atomic E-state index is 2.40. The fourth-order valence-corrected chi connectivity index (χ4v) is 8.26. The molecule has 0 aliphatic rings. The van der Waals surface area contributed by atoms with Crippen molar-refractivity contribution in [2.45, 2.75) is 26.2 Å². The molecular formula is C52H40. The van der Waals surface area contributed by atoms with E-state index in [1.54, 1.807) is 0 Å². The van der Waals surface area contributed by atoms with Gasteiger partial charge in [0.2, 0.25) is 0 Å². The Balaban J connectivity index is 1.40. The van der Waals surface area contributed by atoms with E-state index in [0.717, 1.165) is 0 Å². The molecule has 9 rings (SSSR count). The summed E-state index contributed by atoms with van der Waals surface area (Å²) in [5, 5.41) is 7.68. The Morgan fingerprint density at radius 1 is 0.288 bits per heavy atom. The zero-order chi connectivity index (χ0) is 35.2. The lowest BCUT2D eigenvalue weighted by atomic mass is 9.74. The van der Waals surface area contributed by atoms with Gasteiger partial charge in [-0.1, -0.05) is 209 Å². The fraction of sp³-hybridized carbons (Fsp3) is 0.0769. The smallest absolute Gasteiger partial charge is 0.00232 e. The predicted molar refractivity (Wildman–Crippen MR) is 225 cm³/mol. The van der Waals surface area contributed by atoms with Crippen molar-refractivity contribution < 1.29 is 0 Å². The molecule has 0 atom stereocenters. The van der Waals surface area contributed by atoms with Crippen LogP contribution in [-0.4, -0.2) is 0 Å². The summed E-state index contributed by atoms with van der Waals surface area (Å²) in [5.74, 6) is 0. The van der Waals surface area contributed by atoms with Gasteiger partial charge in [0.05, 0.1) is 0 Å². The lowest BCUT2D eigenvalue weighted by Gasteiger charge is -2.29. The molecule has 52 heavy (non-hydrogen) atoms. The molecule has 0 nitrogen and oxygen atoms in total. The van der Waals surface area contributed by atoms with E-state index in [2.05, 4.69) is 209 Å². The molecule has 0 N–H and O–H groups in total. The average Bonchev–Trinajstić information content (AvgIpc) is 3.20. The van der Waals surface area contributed by atoms with Crippen LogP contribution in [0.3, 0.4) is 0 Å². The molecule has 0 fully saturated rings. The fourth-order valence-electron chi connectivity index (χ4n) is 8.26. The Morgan fingerprint density at radius 2 is 0.731 bits per heavy atom. The van der Waals surface area contributed by atoms with E-state index >= 15 is 0 Å². The first-order chi connectivity index (χ1) is 25.5. The standard InChI is InChI=1S/C52H40/c1-52(2,3)51-46(43-24-14-20-39-19-10-11-21-42(39)43)33-34-47-48(40-29-25-37(26-30-40)35-15-6-4-7-16-35)44-22-12-13-23-45(44)49(50(47)51)41-31-27-38(28-32-41)36-17-8-5-9-18-36/h4-34H,1-3H3. The van der Waals surface area contributed by atoms with E-state index in [1.807, 2.05) is 0 Å². The van der Waals surface area contributed by atoms with Crippen LogP contribution in [0.1, 0.15) is 26.3 Å². The quantitative estimate of drug-likeness (QED) is 0.161. The van der Waals surface area contributed by atoms with Crippen molar-refractivity contribution in [3.8, 4) is 55.6 Å². The van der Waals surface area contributed by atoms with Crippen molar-refractivity contribution in [3.63, 3.8) is 0 Å². The topological polar surface area (TPSA) is 0 Å². The Hall–Kier alpha value is -6.24. The number of hydrogen-bond donors (Lipinski definition) is 0. The molecule has 0 amide bonds. The highest BCUT2D eigenvalue weighted by atomic mass is 14.3. The minimum Gasteiger partial charge on any atom is -0.0622 e. The molecule has 0 spiro atoms. The number of benzene rings is 9. The first-order valence-corrected chi connectivity index (χ1v) is 18.3. The van der Waals surface area contributed by atoms with Crippen LogP contribution in [0.2, 0.25) is 0 Å². The molecular weight excluding hydrogens is 625 g/mol. The Bertz CT molecular complexity index is 2710. The Kier molecular flexibility index (Phi) is 7.82. The molecule has 0 bridgehead atoms. The second-order valence-electron chi connectivity index (χ2n) is 14.9. The molecule has 0 aliphatic heterocycles. The summed E-state index contributed by atoms with van der Waals surface area (Å²) in [6.45, 7) is 7.13.